The van der Waals surface area contributed by atoms with Crippen LogP contribution in [0.2, 0.25) is 5.02 Å². The highest BCUT2D eigenvalue weighted by atomic mass is 35.5. The summed E-state index contributed by atoms with van der Waals surface area (Å²) in [6, 6.07) is 8.62. The van der Waals surface area contributed by atoms with E-state index in [1.165, 1.54) is 0 Å². The number of benzene rings is 2. The number of nitrogens with zero attached hydrogens (tertiary/aromatic N) is 3. The van der Waals surface area contributed by atoms with Gasteiger partial charge in [0, 0.05) is 62.4 Å². The number of halogens is 7. The van der Waals surface area contributed by atoms with Crippen LogP contribution in [0.4, 0.5) is 26.3 Å². The lowest BCUT2D eigenvalue weighted by molar-refractivity contribution is -0.143. The number of carbonyl (C=O) groups is 1. The largest absolute Gasteiger partial charge is 0.416 e. The Labute approximate surface area is 204 Å². The van der Waals surface area contributed by atoms with E-state index in [0.717, 1.165) is 18.6 Å². The van der Waals surface area contributed by atoms with Crippen molar-refractivity contribution in [2.45, 2.75) is 31.4 Å². The van der Waals surface area contributed by atoms with Gasteiger partial charge in [0.15, 0.2) is 0 Å². The molecule has 1 unspecified atom stereocenters. The van der Waals surface area contributed by atoms with E-state index < -0.39 is 23.5 Å². The summed E-state index contributed by atoms with van der Waals surface area (Å²) in [7, 11) is 0. The number of rotatable bonds is 4. The van der Waals surface area contributed by atoms with Crippen LogP contribution in [0.3, 0.4) is 0 Å². The first-order valence-electron chi connectivity index (χ1n) is 11.2. The number of amides is 1. The molecule has 4 nitrogen and oxygen atoms in total. The standard InChI is InChI=1S/C24H24ClF6N3O/c25-20-3-1-17(2-4-20)22(35)34-6-5-21(15-34)33-9-7-32(8-10-33)14-16-11-18(23(26,27)28)13-19(12-16)24(29,30)31/h1-4,11-13,21H,5-10,14-15H2. The lowest BCUT2D eigenvalue weighted by Crippen LogP contribution is -2.50. The minimum Gasteiger partial charge on any atom is -0.337 e. The first-order chi connectivity index (χ1) is 16.4. The maximum atomic E-state index is 13.1. The van der Waals surface area contributed by atoms with Gasteiger partial charge in [-0.2, -0.15) is 26.3 Å². The minimum atomic E-state index is -4.85. The van der Waals surface area contributed by atoms with Crippen molar-refractivity contribution < 1.29 is 31.1 Å². The zero-order valence-electron chi connectivity index (χ0n) is 18.7. The van der Waals surface area contributed by atoms with Crippen LogP contribution in [0.5, 0.6) is 0 Å². The lowest BCUT2D eigenvalue weighted by Gasteiger charge is -2.38. The molecule has 2 heterocycles. The summed E-state index contributed by atoms with van der Waals surface area (Å²) in [6.07, 6.45) is -8.90. The second kappa shape index (κ2) is 9.99. The average molecular weight is 520 g/mol. The summed E-state index contributed by atoms with van der Waals surface area (Å²) in [4.78, 5) is 18.6. The van der Waals surface area contributed by atoms with E-state index in [-0.39, 0.29) is 30.1 Å². The van der Waals surface area contributed by atoms with Crippen LogP contribution in [0.1, 0.15) is 33.5 Å². The normalized spacial score (nSPS) is 20.4. The number of alkyl halides is 6. The highest BCUT2D eigenvalue weighted by Crippen LogP contribution is 2.36. The van der Waals surface area contributed by atoms with Gasteiger partial charge in [-0.15, -0.1) is 0 Å². The molecule has 0 aliphatic carbocycles. The smallest absolute Gasteiger partial charge is 0.337 e. The Morgan fingerprint density at radius 3 is 1.97 bits per heavy atom. The third-order valence-corrected chi connectivity index (χ3v) is 6.77. The molecule has 1 amide bonds. The van der Waals surface area contributed by atoms with Crippen LogP contribution in [0, 0.1) is 0 Å². The SMILES string of the molecule is O=C(c1ccc(Cl)cc1)N1CCC(N2CCN(Cc3cc(C(F)(F)F)cc(C(F)(F)F)c3)CC2)C1. The molecule has 4 rings (SSSR count). The zero-order chi connectivity index (χ0) is 25.4. The molecule has 2 fully saturated rings. The molecule has 35 heavy (non-hydrogen) atoms. The molecule has 2 saturated heterocycles. The van der Waals surface area contributed by atoms with Gasteiger partial charge in [0.25, 0.3) is 5.91 Å². The predicted octanol–water partition coefficient (Wildman–Crippen LogP) is 5.41. The van der Waals surface area contributed by atoms with Crippen LogP contribution < -0.4 is 0 Å². The van der Waals surface area contributed by atoms with Crippen LogP contribution >= 0.6 is 11.6 Å². The molecule has 11 heteroatoms. The van der Waals surface area contributed by atoms with Crippen LogP contribution in [0.25, 0.3) is 0 Å². The molecule has 0 spiro atoms. The molecule has 2 aliphatic heterocycles. The number of hydrogen-bond acceptors (Lipinski definition) is 3. The van der Waals surface area contributed by atoms with Crippen LogP contribution in [-0.4, -0.2) is 65.9 Å². The fraction of sp³-hybridized carbons (Fsp3) is 0.458. The Balaban J connectivity index is 1.34. The highest BCUT2D eigenvalue weighted by Gasteiger charge is 2.37. The number of piperazine rings is 1. The van der Waals surface area contributed by atoms with Crippen molar-refractivity contribution in [3.05, 3.63) is 69.7 Å². The third kappa shape index (κ3) is 6.29. The zero-order valence-corrected chi connectivity index (χ0v) is 19.4. The number of likely N-dealkylation sites (tertiary alicyclic amines) is 1. The van der Waals surface area contributed by atoms with Gasteiger partial charge in [-0.25, -0.2) is 0 Å². The molecule has 1 atom stereocenters. The second-order valence-electron chi connectivity index (χ2n) is 8.93. The average Bonchev–Trinajstić information content (AvgIpc) is 3.28. The maximum absolute atomic E-state index is 13.1. The summed E-state index contributed by atoms with van der Waals surface area (Å²) in [5, 5.41) is 0.554. The summed E-state index contributed by atoms with van der Waals surface area (Å²) in [5.41, 5.74) is -2.03. The van der Waals surface area contributed by atoms with E-state index in [1.54, 1.807) is 29.2 Å². The van der Waals surface area contributed by atoms with E-state index in [2.05, 4.69) is 4.90 Å². The number of hydrogen-bond donors (Lipinski definition) is 0. The van der Waals surface area contributed by atoms with Crippen molar-refractivity contribution in [1.82, 2.24) is 14.7 Å². The van der Waals surface area contributed by atoms with Gasteiger partial charge in [-0.05, 0) is 54.4 Å². The fourth-order valence-corrected chi connectivity index (χ4v) is 4.78. The summed E-state index contributed by atoms with van der Waals surface area (Å²) >= 11 is 5.88. The Morgan fingerprint density at radius 2 is 1.43 bits per heavy atom. The monoisotopic (exact) mass is 519 g/mol. The first kappa shape index (κ1) is 25.8. The van der Waals surface area contributed by atoms with Crippen molar-refractivity contribution in [2.75, 3.05) is 39.3 Å². The summed E-state index contributed by atoms with van der Waals surface area (Å²) < 4.78 is 78.8. The quantitative estimate of drug-likeness (QED) is 0.505. The molecular formula is C24H24ClF6N3O. The maximum Gasteiger partial charge on any atom is 0.416 e. The van der Waals surface area contributed by atoms with Crippen molar-refractivity contribution in [1.29, 1.82) is 0 Å². The summed E-state index contributed by atoms with van der Waals surface area (Å²) in [6.45, 7) is 3.48. The predicted molar refractivity (Wildman–Crippen MR) is 119 cm³/mol. The Morgan fingerprint density at radius 1 is 0.857 bits per heavy atom. The topological polar surface area (TPSA) is 26.8 Å². The van der Waals surface area contributed by atoms with Crippen molar-refractivity contribution in [2.24, 2.45) is 0 Å². The fourth-order valence-electron chi connectivity index (χ4n) is 4.65. The van der Waals surface area contributed by atoms with Gasteiger partial charge in [-0.3, -0.25) is 14.6 Å². The van der Waals surface area contributed by atoms with Crippen LogP contribution in [-0.2, 0) is 18.9 Å². The number of carbonyl (C=O) groups excluding carboxylic acids is 1. The molecular weight excluding hydrogens is 496 g/mol. The molecule has 0 saturated carbocycles. The van der Waals surface area contributed by atoms with E-state index in [9.17, 15) is 31.1 Å². The molecule has 0 bridgehead atoms. The Hall–Kier alpha value is -2.30. The van der Waals surface area contributed by atoms with Gasteiger partial charge < -0.3 is 4.90 Å². The van der Waals surface area contributed by atoms with Crippen LogP contribution in [0.15, 0.2) is 42.5 Å². The Kier molecular flexibility index (Phi) is 7.36. The molecule has 0 radical (unpaired) electrons. The van der Waals surface area contributed by atoms with Gasteiger partial charge in [0.05, 0.1) is 11.1 Å². The molecule has 2 aromatic rings. The lowest BCUT2D eigenvalue weighted by atomic mass is 10.0. The minimum absolute atomic E-state index is 0.00663. The van der Waals surface area contributed by atoms with E-state index >= 15 is 0 Å². The molecule has 2 aromatic carbocycles. The van der Waals surface area contributed by atoms with Crippen molar-refractivity contribution in [3.63, 3.8) is 0 Å². The second-order valence-corrected chi connectivity index (χ2v) is 9.36. The summed E-state index contributed by atoms with van der Waals surface area (Å²) in [5.74, 6) is -0.0622. The molecule has 190 valence electrons. The first-order valence-corrected chi connectivity index (χ1v) is 11.6. The van der Waals surface area contributed by atoms with Crippen molar-refractivity contribution >= 4 is 17.5 Å². The molecule has 0 N–H and O–H groups in total. The van der Waals surface area contributed by atoms with Crippen molar-refractivity contribution in [3.8, 4) is 0 Å². The van der Waals surface area contributed by atoms with Gasteiger partial charge >= 0.3 is 12.4 Å². The third-order valence-electron chi connectivity index (χ3n) is 6.52. The van der Waals surface area contributed by atoms with E-state index in [4.69, 9.17) is 11.6 Å². The van der Waals surface area contributed by atoms with Gasteiger partial charge in [0.2, 0.25) is 0 Å². The van der Waals surface area contributed by atoms with E-state index in [0.29, 0.717) is 49.9 Å². The van der Waals surface area contributed by atoms with E-state index in [1.807, 2.05) is 4.90 Å². The Bertz CT molecular complexity index is 1020. The molecule has 2 aliphatic rings. The van der Waals surface area contributed by atoms with Gasteiger partial charge in [-0.1, -0.05) is 11.6 Å². The van der Waals surface area contributed by atoms with Gasteiger partial charge in [0.1, 0.15) is 0 Å². The highest BCUT2D eigenvalue weighted by molar-refractivity contribution is 6.30. The molecule has 0 aromatic heterocycles.